The second kappa shape index (κ2) is 11.1. The summed E-state index contributed by atoms with van der Waals surface area (Å²) in [7, 11) is 1.64. The highest BCUT2D eigenvalue weighted by Crippen LogP contribution is 2.33. The first kappa shape index (κ1) is 23.9. The van der Waals surface area contributed by atoms with Crippen LogP contribution in [0.1, 0.15) is 43.4 Å². The van der Waals surface area contributed by atoms with Crippen molar-refractivity contribution >= 4 is 52.2 Å². The van der Waals surface area contributed by atoms with Crippen molar-refractivity contribution in [1.29, 1.82) is 0 Å². The Kier molecular flexibility index (Phi) is 8.86. The van der Waals surface area contributed by atoms with E-state index in [4.69, 9.17) is 21.7 Å². The molecule has 1 fully saturated rings. The van der Waals surface area contributed by atoms with E-state index in [9.17, 15) is 19.5 Å². The van der Waals surface area contributed by atoms with Gasteiger partial charge in [-0.25, -0.2) is 0 Å². The molecule has 0 bridgehead atoms. The van der Waals surface area contributed by atoms with Gasteiger partial charge in [0.15, 0.2) is 0 Å². The van der Waals surface area contributed by atoms with Gasteiger partial charge in [-0.15, -0.1) is 0 Å². The highest BCUT2D eigenvalue weighted by molar-refractivity contribution is 8.26. The number of phenolic OH excluding ortho intramolecular Hbond substituents is 1. The van der Waals surface area contributed by atoms with E-state index < -0.39 is 0 Å². The van der Waals surface area contributed by atoms with Gasteiger partial charge in [-0.05, 0) is 60.6 Å². The van der Waals surface area contributed by atoms with Gasteiger partial charge in [0.2, 0.25) is 0 Å². The van der Waals surface area contributed by atoms with Crippen LogP contribution in [0.15, 0.2) is 17.0 Å². The van der Waals surface area contributed by atoms with Crippen LogP contribution in [-0.4, -0.2) is 52.4 Å². The van der Waals surface area contributed by atoms with Crippen molar-refractivity contribution < 1.29 is 29.0 Å². The van der Waals surface area contributed by atoms with Crippen molar-refractivity contribution in [2.75, 3.05) is 20.3 Å². The summed E-state index contributed by atoms with van der Waals surface area (Å²) in [6.45, 7) is 3.22. The number of nitrogens with zero attached hydrogens (tertiary/aromatic N) is 1. The number of hydrogen-bond acceptors (Lipinski definition) is 8. The molecule has 0 radical (unpaired) electrons. The molecule has 0 aliphatic carbocycles. The normalized spacial score (nSPS) is 15.0. The van der Waals surface area contributed by atoms with E-state index in [0.29, 0.717) is 46.0 Å². The number of carbonyl (C=O) groups is 3. The lowest BCUT2D eigenvalue weighted by atomic mass is 9.97. The molecule has 1 saturated heterocycles. The molecule has 1 amide bonds. The highest BCUT2D eigenvalue weighted by Gasteiger charge is 2.28. The largest absolute Gasteiger partial charge is 0.507 e. The third-order valence-corrected chi connectivity index (χ3v) is 5.85. The summed E-state index contributed by atoms with van der Waals surface area (Å²) in [5.74, 6) is -0.687. The maximum absolute atomic E-state index is 12.3. The van der Waals surface area contributed by atoms with Gasteiger partial charge >= 0.3 is 11.9 Å². The molecule has 1 aliphatic rings. The summed E-state index contributed by atoms with van der Waals surface area (Å²) in [5.41, 5.74) is 2.17. The van der Waals surface area contributed by atoms with Gasteiger partial charge in [-0.2, -0.15) is 0 Å². The van der Waals surface area contributed by atoms with Crippen LogP contribution in [-0.2, 0) is 36.7 Å². The number of carbonyl (C=O) groups excluding carboxylic acids is 3. The lowest BCUT2D eigenvalue weighted by Gasteiger charge is -2.13. The molecule has 0 aromatic heterocycles. The highest BCUT2D eigenvalue weighted by atomic mass is 32.2. The van der Waals surface area contributed by atoms with Crippen LogP contribution in [0.25, 0.3) is 6.08 Å². The van der Waals surface area contributed by atoms with Crippen LogP contribution in [0.2, 0.25) is 0 Å². The first-order valence-corrected chi connectivity index (χ1v) is 10.7. The molecule has 30 heavy (non-hydrogen) atoms. The number of hydrogen-bond donors (Lipinski definition) is 1. The number of esters is 2. The number of thioether (sulfide) groups is 1. The molecule has 0 atom stereocenters. The van der Waals surface area contributed by atoms with E-state index in [1.807, 2.05) is 12.1 Å². The molecule has 162 valence electrons. The van der Waals surface area contributed by atoms with Crippen molar-refractivity contribution in [1.82, 2.24) is 4.90 Å². The van der Waals surface area contributed by atoms with Crippen molar-refractivity contribution in [3.8, 4) is 5.75 Å². The molecule has 9 heteroatoms. The first-order valence-electron chi connectivity index (χ1n) is 9.52. The molecule has 1 N–H and O–H groups in total. The Labute approximate surface area is 185 Å². The molecule has 1 aromatic rings. The number of ether oxygens (including phenoxy) is 2. The minimum absolute atomic E-state index is 0.161. The lowest BCUT2D eigenvalue weighted by Crippen LogP contribution is -2.22. The topological polar surface area (TPSA) is 93.1 Å². The molecule has 1 aliphatic heterocycles. The minimum Gasteiger partial charge on any atom is -0.507 e. The van der Waals surface area contributed by atoms with Crippen LogP contribution in [0, 0.1) is 0 Å². The number of benzene rings is 1. The van der Waals surface area contributed by atoms with Crippen LogP contribution in [0.5, 0.6) is 5.75 Å². The summed E-state index contributed by atoms with van der Waals surface area (Å²) >= 11 is 6.41. The lowest BCUT2D eigenvalue weighted by molar-refractivity contribution is -0.142. The Bertz CT molecular complexity index is 837. The quantitative estimate of drug-likeness (QED) is 0.265. The molecular formula is C21H25NO6S2. The molecular weight excluding hydrogens is 426 g/mol. The summed E-state index contributed by atoms with van der Waals surface area (Å²) < 4.78 is 10.4. The van der Waals surface area contributed by atoms with Crippen LogP contribution < -0.4 is 0 Å². The Balaban J connectivity index is 2.24. The number of thiocarbonyl (C=S) groups is 1. The van der Waals surface area contributed by atoms with Crippen molar-refractivity contribution in [2.45, 2.75) is 39.5 Å². The van der Waals surface area contributed by atoms with Gasteiger partial charge in [-0.3, -0.25) is 19.3 Å². The number of rotatable bonds is 9. The summed E-state index contributed by atoms with van der Waals surface area (Å²) in [5, 5.41) is 10.7. The molecule has 0 unspecified atom stereocenters. The van der Waals surface area contributed by atoms with Crippen molar-refractivity contribution in [2.24, 2.45) is 0 Å². The zero-order valence-electron chi connectivity index (χ0n) is 17.2. The molecule has 1 heterocycles. The molecule has 1 aromatic carbocycles. The van der Waals surface area contributed by atoms with Gasteiger partial charge in [0.1, 0.15) is 10.1 Å². The van der Waals surface area contributed by atoms with Gasteiger partial charge in [0.05, 0.1) is 18.1 Å². The Morgan fingerprint density at radius 3 is 2.00 bits per heavy atom. The average molecular weight is 452 g/mol. The number of phenols is 1. The Hall–Kier alpha value is -2.39. The van der Waals surface area contributed by atoms with Crippen LogP contribution in [0.3, 0.4) is 0 Å². The van der Waals surface area contributed by atoms with Gasteiger partial charge in [0.25, 0.3) is 5.91 Å². The fourth-order valence-electron chi connectivity index (χ4n) is 2.91. The van der Waals surface area contributed by atoms with E-state index in [1.54, 1.807) is 13.1 Å². The van der Waals surface area contributed by atoms with E-state index in [0.717, 1.165) is 5.56 Å². The predicted molar refractivity (Wildman–Crippen MR) is 119 cm³/mol. The monoisotopic (exact) mass is 451 g/mol. The Morgan fingerprint density at radius 1 is 1.10 bits per heavy atom. The fourth-order valence-corrected chi connectivity index (χ4v) is 4.08. The third-order valence-electron chi connectivity index (χ3n) is 4.37. The number of amides is 1. The molecule has 2 rings (SSSR count). The maximum Gasteiger partial charge on any atom is 0.302 e. The molecule has 0 spiro atoms. The summed E-state index contributed by atoms with van der Waals surface area (Å²) in [4.78, 5) is 36.1. The van der Waals surface area contributed by atoms with E-state index in [1.165, 1.54) is 30.5 Å². The maximum atomic E-state index is 12.3. The summed E-state index contributed by atoms with van der Waals surface area (Å²) in [6, 6.07) is 3.64. The number of aryl methyl sites for hydroxylation is 2. The predicted octanol–water partition coefficient (Wildman–Crippen LogP) is 3.21. The third kappa shape index (κ3) is 6.84. The SMILES string of the molecule is CC(=O)OCCCc1cc(C=C2SC(=S)N(C)C2=O)cc(CCCOC(C)=O)c1O. The Morgan fingerprint density at radius 2 is 1.60 bits per heavy atom. The van der Waals surface area contributed by atoms with E-state index in [-0.39, 0.29) is 36.8 Å². The summed E-state index contributed by atoms with van der Waals surface area (Å²) in [6.07, 6.45) is 3.88. The van der Waals surface area contributed by atoms with Crippen molar-refractivity contribution in [3.05, 3.63) is 33.7 Å². The van der Waals surface area contributed by atoms with E-state index >= 15 is 0 Å². The van der Waals surface area contributed by atoms with E-state index in [2.05, 4.69) is 0 Å². The van der Waals surface area contributed by atoms with Crippen molar-refractivity contribution in [3.63, 3.8) is 0 Å². The zero-order chi connectivity index (χ0) is 22.3. The fraction of sp³-hybridized carbons (Fsp3) is 0.429. The second-order valence-corrected chi connectivity index (χ2v) is 8.49. The van der Waals surface area contributed by atoms with Gasteiger partial charge in [-0.1, -0.05) is 24.0 Å². The van der Waals surface area contributed by atoms with Crippen LogP contribution in [0.4, 0.5) is 0 Å². The molecule has 0 saturated carbocycles. The standard InChI is InChI=1S/C21H25NO6S2/c1-13(23)27-8-4-6-16-10-15(12-18-20(26)22(3)21(29)30-18)11-17(19(16)25)7-5-9-28-14(2)24/h10-12,25H,4-9H2,1-3H3. The number of likely N-dealkylation sites (N-methyl/N-ethyl adjacent to an activating group) is 1. The van der Waals surface area contributed by atoms with Gasteiger partial charge in [0, 0.05) is 20.9 Å². The van der Waals surface area contributed by atoms with Crippen LogP contribution >= 0.6 is 24.0 Å². The zero-order valence-corrected chi connectivity index (χ0v) is 18.9. The smallest absolute Gasteiger partial charge is 0.302 e. The molecule has 7 nitrogen and oxygen atoms in total. The average Bonchev–Trinajstić information content (AvgIpc) is 2.91. The minimum atomic E-state index is -0.347. The van der Waals surface area contributed by atoms with Gasteiger partial charge < -0.3 is 14.6 Å². The first-order chi connectivity index (χ1) is 14.2. The number of aromatic hydroxyl groups is 1. The second-order valence-electron chi connectivity index (χ2n) is 6.82.